The Balaban J connectivity index is 1.96. The fourth-order valence-electron chi connectivity index (χ4n) is 1.76. The fourth-order valence-corrected chi connectivity index (χ4v) is 2.96. The van der Waals surface area contributed by atoms with Gasteiger partial charge in [-0.2, -0.15) is 16.7 Å². The molecule has 0 spiro atoms. The van der Waals surface area contributed by atoms with Gasteiger partial charge in [-0.15, -0.1) is 0 Å². The van der Waals surface area contributed by atoms with Crippen molar-refractivity contribution in [3.05, 3.63) is 11.8 Å². The van der Waals surface area contributed by atoms with Crippen molar-refractivity contribution in [3.8, 4) is 0 Å². The third-order valence-electron chi connectivity index (χ3n) is 2.72. The Labute approximate surface area is 101 Å². The number of hydrogen-bond acceptors (Lipinski definition) is 5. The highest BCUT2D eigenvalue weighted by Crippen LogP contribution is 2.26. The summed E-state index contributed by atoms with van der Waals surface area (Å²) in [6, 6.07) is 0. The van der Waals surface area contributed by atoms with Crippen molar-refractivity contribution in [3.63, 3.8) is 0 Å². The van der Waals surface area contributed by atoms with Gasteiger partial charge in [-0.25, -0.2) is 4.98 Å². The SMILES string of the molecule is CNc1ncc(C)c(NCC2CCCS2)n1. The molecule has 1 saturated heterocycles. The largest absolute Gasteiger partial charge is 0.369 e. The van der Waals surface area contributed by atoms with Crippen molar-refractivity contribution < 1.29 is 0 Å². The average molecular weight is 238 g/mol. The number of aryl methyl sites for hydroxylation is 1. The molecule has 0 amide bonds. The number of nitrogens with one attached hydrogen (secondary N) is 2. The average Bonchev–Trinajstić information content (AvgIpc) is 2.81. The Morgan fingerprint density at radius 1 is 1.56 bits per heavy atom. The standard InChI is InChI=1S/C11H18N4S/c1-8-6-14-11(12-2)15-10(8)13-7-9-4-3-5-16-9/h6,9H,3-5,7H2,1-2H3,(H2,12,13,14,15). The summed E-state index contributed by atoms with van der Waals surface area (Å²) in [4.78, 5) is 8.58. The van der Waals surface area contributed by atoms with Crippen molar-refractivity contribution in [1.29, 1.82) is 0 Å². The second-order valence-corrected chi connectivity index (χ2v) is 5.40. The Bertz CT molecular complexity index is 350. The topological polar surface area (TPSA) is 49.8 Å². The second-order valence-electron chi connectivity index (χ2n) is 3.99. The quantitative estimate of drug-likeness (QED) is 0.841. The van der Waals surface area contributed by atoms with Gasteiger partial charge in [0, 0.05) is 30.6 Å². The molecular formula is C11H18N4S. The van der Waals surface area contributed by atoms with Crippen LogP contribution < -0.4 is 10.6 Å². The molecule has 4 nitrogen and oxygen atoms in total. The zero-order chi connectivity index (χ0) is 11.4. The van der Waals surface area contributed by atoms with Crippen LogP contribution in [0.15, 0.2) is 6.20 Å². The summed E-state index contributed by atoms with van der Waals surface area (Å²) in [5.41, 5.74) is 1.10. The number of anilines is 2. The van der Waals surface area contributed by atoms with E-state index in [-0.39, 0.29) is 0 Å². The zero-order valence-corrected chi connectivity index (χ0v) is 10.6. The maximum Gasteiger partial charge on any atom is 0.224 e. The van der Waals surface area contributed by atoms with Gasteiger partial charge in [0.25, 0.3) is 0 Å². The van der Waals surface area contributed by atoms with Crippen LogP contribution in [0, 0.1) is 6.92 Å². The molecule has 0 aliphatic carbocycles. The van der Waals surface area contributed by atoms with Crippen molar-refractivity contribution >= 4 is 23.5 Å². The van der Waals surface area contributed by atoms with Gasteiger partial charge in [0.1, 0.15) is 5.82 Å². The van der Waals surface area contributed by atoms with E-state index in [4.69, 9.17) is 0 Å². The first-order valence-corrected chi connectivity index (χ1v) is 6.71. The maximum absolute atomic E-state index is 4.41. The summed E-state index contributed by atoms with van der Waals surface area (Å²) >= 11 is 2.06. The van der Waals surface area contributed by atoms with Crippen LogP contribution in [0.5, 0.6) is 0 Å². The number of rotatable bonds is 4. The molecular weight excluding hydrogens is 220 g/mol. The number of thioether (sulfide) groups is 1. The van der Waals surface area contributed by atoms with Crippen LogP contribution in [0.25, 0.3) is 0 Å². The molecule has 1 atom stereocenters. The third kappa shape index (κ3) is 2.78. The van der Waals surface area contributed by atoms with Crippen molar-refractivity contribution in [1.82, 2.24) is 9.97 Å². The summed E-state index contributed by atoms with van der Waals surface area (Å²) in [6.07, 6.45) is 4.52. The predicted octanol–water partition coefficient (Wildman–Crippen LogP) is 2.13. The minimum atomic E-state index is 0.673. The summed E-state index contributed by atoms with van der Waals surface area (Å²) < 4.78 is 0. The number of hydrogen-bond donors (Lipinski definition) is 2. The molecule has 2 heterocycles. The number of nitrogens with zero attached hydrogens (tertiary/aromatic N) is 2. The molecule has 1 aliphatic rings. The van der Waals surface area contributed by atoms with Gasteiger partial charge >= 0.3 is 0 Å². The van der Waals surface area contributed by atoms with Crippen LogP contribution in [0.2, 0.25) is 0 Å². The molecule has 0 aromatic carbocycles. The molecule has 1 aromatic rings. The molecule has 16 heavy (non-hydrogen) atoms. The van der Waals surface area contributed by atoms with Crippen LogP contribution in [0.4, 0.5) is 11.8 Å². The molecule has 2 N–H and O–H groups in total. The van der Waals surface area contributed by atoms with Crippen molar-refractivity contribution in [2.45, 2.75) is 25.0 Å². The van der Waals surface area contributed by atoms with Crippen LogP contribution in [0.1, 0.15) is 18.4 Å². The first kappa shape index (κ1) is 11.5. The Morgan fingerprint density at radius 2 is 2.44 bits per heavy atom. The third-order valence-corrected chi connectivity index (χ3v) is 4.11. The first-order chi connectivity index (χ1) is 7.79. The van der Waals surface area contributed by atoms with Crippen molar-refractivity contribution in [2.24, 2.45) is 0 Å². The minimum Gasteiger partial charge on any atom is -0.369 e. The molecule has 88 valence electrons. The van der Waals surface area contributed by atoms with Gasteiger partial charge in [-0.3, -0.25) is 0 Å². The molecule has 1 fully saturated rings. The number of aromatic nitrogens is 2. The molecule has 1 aromatic heterocycles. The Morgan fingerprint density at radius 3 is 3.12 bits per heavy atom. The highest BCUT2D eigenvalue weighted by molar-refractivity contribution is 8.00. The van der Waals surface area contributed by atoms with Gasteiger partial charge in [0.05, 0.1) is 0 Å². The van der Waals surface area contributed by atoms with Gasteiger partial charge in [0.2, 0.25) is 5.95 Å². The minimum absolute atomic E-state index is 0.673. The van der Waals surface area contributed by atoms with Gasteiger partial charge in [-0.1, -0.05) is 0 Å². The second kappa shape index (κ2) is 5.39. The van der Waals surface area contributed by atoms with E-state index in [0.29, 0.717) is 5.95 Å². The van der Waals surface area contributed by atoms with E-state index < -0.39 is 0 Å². The van der Waals surface area contributed by atoms with Crippen molar-refractivity contribution in [2.75, 3.05) is 30.0 Å². The van der Waals surface area contributed by atoms with Crippen LogP contribution in [-0.2, 0) is 0 Å². The monoisotopic (exact) mass is 238 g/mol. The van der Waals surface area contributed by atoms with Crippen LogP contribution in [-0.4, -0.2) is 34.6 Å². The molecule has 0 radical (unpaired) electrons. The molecule has 2 rings (SSSR count). The van der Waals surface area contributed by atoms with E-state index in [9.17, 15) is 0 Å². The smallest absolute Gasteiger partial charge is 0.224 e. The summed E-state index contributed by atoms with van der Waals surface area (Å²) in [6.45, 7) is 3.04. The van der Waals surface area contributed by atoms with Gasteiger partial charge < -0.3 is 10.6 Å². The highest BCUT2D eigenvalue weighted by atomic mass is 32.2. The Kier molecular flexibility index (Phi) is 3.88. The molecule has 5 heteroatoms. The van der Waals surface area contributed by atoms with E-state index in [0.717, 1.165) is 23.2 Å². The molecule has 0 bridgehead atoms. The molecule has 1 aliphatic heterocycles. The first-order valence-electron chi connectivity index (χ1n) is 5.66. The maximum atomic E-state index is 4.41. The normalized spacial score (nSPS) is 19.8. The summed E-state index contributed by atoms with van der Waals surface area (Å²) in [5.74, 6) is 2.93. The van der Waals surface area contributed by atoms with E-state index in [1.807, 2.05) is 20.2 Å². The highest BCUT2D eigenvalue weighted by Gasteiger charge is 2.15. The van der Waals surface area contributed by atoms with E-state index in [1.165, 1.54) is 18.6 Å². The lowest BCUT2D eigenvalue weighted by atomic mass is 10.2. The summed E-state index contributed by atoms with van der Waals surface area (Å²) in [7, 11) is 1.83. The van der Waals surface area contributed by atoms with Crippen LogP contribution >= 0.6 is 11.8 Å². The lowest BCUT2D eigenvalue weighted by Gasteiger charge is -2.12. The zero-order valence-electron chi connectivity index (χ0n) is 9.79. The molecule has 0 saturated carbocycles. The van der Waals surface area contributed by atoms with Gasteiger partial charge in [0.15, 0.2) is 0 Å². The van der Waals surface area contributed by atoms with Gasteiger partial charge in [-0.05, 0) is 25.5 Å². The van der Waals surface area contributed by atoms with Crippen LogP contribution in [0.3, 0.4) is 0 Å². The predicted molar refractivity (Wildman–Crippen MR) is 70.3 cm³/mol. The summed E-state index contributed by atoms with van der Waals surface area (Å²) in [5, 5.41) is 7.12. The Hall–Kier alpha value is -0.970. The van der Waals surface area contributed by atoms with E-state index in [1.54, 1.807) is 0 Å². The van der Waals surface area contributed by atoms with E-state index in [2.05, 4.69) is 32.4 Å². The molecule has 1 unspecified atom stereocenters. The fraction of sp³-hybridized carbons (Fsp3) is 0.636. The lowest BCUT2D eigenvalue weighted by molar-refractivity contribution is 0.802. The lowest BCUT2D eigenvalue weighted by Crippen LogP contribution is -2.15. The van der Waals surface area contributed by atoms with E-state index >= 15 is 0 Å².